The number of aromatic amines is 1. The Balaban J connectivity index is 2.43. The lowest BCUT2D eigenvalue weighted by Gasteiger charge is -2.08. The monoisotopic (exact) mass is 271 g/mol. The molecule has 0 radical (unpaired) electrons. The molecule has 0 aliphatic heterocycles. The van der Waals surface area contributed by atoms with Gasteiger partial charge >= 0.3 is 0 Å². The summed E-state index contributed by atoms with van der Waals surface area (Å²) in [5.41, 5.74) is 1.36. The Hall–Kier alpha value is -2.26. The number of nitrogens with one attached hydrogen (secondary N) is 1. The summed E-state index contributed by atoms with van der Waals surface area (Å²) in [6, 6.07) is 12.2. The van der Waals surface area contributed by atoms with E-state index >= 15 is 0 Å². The lowest BCUT2D eigenvalue weighted by Crippen LogP contribution is -2.05. The van der Waals surface area contributed by atoms with E-state index in [0.29, 0.717) is 15.8 Å². The number of halogens is 1. The quantitative estimate of drug-likeness (QED) is 0.711. The molecule has 0 saturated carbocycles. The van der Waals surface area contributed by atoms with E-state index in [2.05, 4.69) is 4.98 Å². The fourth-order valence-electron chi connectivity index (χ4n) is 2.18. The number of phenolic OH excluding ortho intramolecular Hbond substituents is 1. The van der Waals surface area contributed by atoms with Crippen molar-refractivity contribution in [2.24, 2.45) is 0 Å². The number of fused-ring (bicyclic) bond motifs is 1. The molecule has 0 saturated heterocycles. The summed E-state index contributed by atoms with van der Waals surface area (Å²) in [4.78, 5) is 14.5. The van der Waals surface area contributed by atoms with Crippen LogP contribution in [0.3, 0.4) is 0 Å². The van der Waals surface area contributed by atoms with E-state index in [1.807, 2.05) is 12.1 Å². The van der Waals surface area contributed by atoms with Crippen LogP contribution < -0.4 is 5.56 Å². The molecule has 4 heteroatoms. The molecule has 0 unspecified atom stereocenters. The zero-order chi connectivity index (χ0) is 13.4. The second-order valence-corrected chi connectivity index (χ2v) is 4.68. The molecule has 1 heterocycles. The van der Waals surface area contributed by atoms with Crippen molar-refractivity contribution in [1.29, 1.82) is 0 Å². The van der Waals surface area contributed by atoms with Gasteiger partial charge in [0.15, 0.2) is 0 Å². The topological polar surface area (TPSA) is 53.1 Å². The number of hydrogen-bond acceptors (Lipinski definition) is 2. The Bertz CT molecular complexity index is 824. The van der Waals surface area contributed by atoms with Gasteiger partial charge in [-0.3, -0.25) is 4.79 Å². The molecular weight excluding hydrogens is 262 g/mol. The van der Waals surface area contributed by atoms with E-state index in [9.17, 15) is 9.90 Å². The first kappa shape index (κ1) is 11.8. The minimum Gasteiger partial charge on any atom is -0.507 e. The lowest BCUT2D eigenvalue weighted by molar-refractivity contribution is 0.481. The van der Waals surface area contributed by atoms with Crippen molar-refractivity contribution in [2.75, 3.05) is 0 Å². The molecule has 3 rings (SSSR count). The molecule has 3 aromatic rings. The second kappa shape index (κ2) is 4.44. The minimum absolute atomic E-state index is 0.0820. The van der Waals surface area contributed by atoms with Gasteiger partial charge in [-0.05, 0) is 29.8 Å². The Morgan fingerprint density at radius 1 is 1.11 bits per heavy atom. The molecule has 2 N–H and O–H groups in total. The van der Waals surface area contributed by atoms with E-state index in [1.165, 1.54) is 0 Å². The summed E-state index contributed by atoms with van der Waals surface area (Å²) >= 11 is 5.98. The number of H-pyrrole nitrogens is 1. The van der Waals surface area contributed by atoms with Gasteiger partial charge in [-0.2, -0.15) is 0 Å². The number of aromatic hydroxyl groups is 1. The molecule has 19 heavy (non-hydrogen) atoms. The molecule has 1 aromatic heterocycles. The first-order valence-corrected chi connectivity index (χ1v) is 6.14. The normalized spacial score (nSPS) is 10.8. The Kier molecular flexibility index (Phi) is 2.76. The first-order chi connectivity index (χ1) is 9.16. The van der Waals surface area contributed by atoms with Crippen LogP contribution in [0.4, 0.5) is 0 Å². The van der Waals surface area contributed by atoms with E-state index in [0.717, 1.165) is 11.1 Å². The van der Waals surface area contributed by atoms with Gasteiger partial charge in [0.05, 0.1) is 5.39 Å². The SMILES string of the molecule is O=c1[nH]cc(-c2cccc(Cl)c2)c2c(O)cccc12. The molecule has 0 aliphatic rings. The number of aromatic nitrogens is 1. The Labute approximate surface area is 114 Å². The number of benzene rings is 2. The van der Waals surface area contributed by atoms with Crippen molar-refractivity contribution in [2.45, 2.75) is 0 Å². The highest BCUT2D eigenvalue weighted by molar-refractivity contribution is 6.30. The third kappa shape index (κ3) is 1.98. The highest BCUT2D eigenvalue weighted by Crippen LogP contribution is 2.33. The molecule has 94 valence electrons. The van der Waals surface area contributed by atoms with E-state index < -0.39 is 0 Å². The summed E-state index contributed by atoms with van der Waals surface area (Å²) < 4.78 is 0. The maximum atomic E-state index is 11.8. The largest absolute Gasteiger partial charge is 0.507 e. The van der Waals surface area contributed by atoms with Gasteiger partial charge in [-0.1, -0.05) is 29.8 Å². The van der Waals surface area contributed by atoms with Gasteiger partial charge in [0.25, 0.3) is 5.56 Å². The van der Waals surface area contributed by atoms with Crippen LogP contribution in [0.1, 0.15) is 0 Å². The highest BCUT2D eigenvalue weighted by atomic mass is 35.5. The average Bonchev–Trinajstić information content (AvgIpc) is 2.40. The fourth-order valence-corrected chi connectivity index (χ4v) is 2.37. The highest BCUT2D eigenvalue weighted by Gasteiger charge is 2.10. The van der Waals surface area contributed by atoms with Gasteiger partial charge < -0.3 is 10.1 Å². The molecule has 0 fully saturated rings. The van der Waals surface area contributed by atoms with Crippen LogP contribution in [0.2, 0.25) is 5.02 Å². The van der Waals surface area contributed by atoms with Gasteiger partial charge in [0, 0.05) is 22.2 Å². The molecule has 0 atom stereocenters. The smallest absolute Gasteiger partial charge is 0.255 e. The van der Waals surface area contributed by atoms with Crippen LogP contribution in [-0.2, 0) is 0 Å². The van der Waals surface area contributed by atoms with Crippen LogP contribution in [-0.4, -0.2) is 10.1 Å². The Morgan fingerprint density at radius 2 is 1.89 bits per heavy atom. The summed E-state index contributed by atoms with van der Waals surface area (Å²) in [6.07, 6.45) is 1.59. The number of hydrogen-bond donors (Lipinski definition) is 2. The zero-order valence-corrected chi connectivity index (χ0v) is 10.6. The summed E-state index contributed by atoms with van der Waals surface area (Å²) in [5, 5.41) is 11.6. The third-order valence-electron chi connectivity index (χ3n) is 3.04. The van der Waals surface area contributed by atoms with Gasteiger partial charge in [-0.25, -0.2) is 0 Å². The maximum Gasteiger partial charge on any atom is 0.255 e. The summed E-state index contributed by atoms with van der Waals surface area (Å²) in [7, 11) is 0. The molecule has 3 nitrogen and oxygen atoms in total. The maximum absolute atomic E-state index is 11.8. The van der Waals surface area contributed by atoms with Crippen LogP contribution in [0.25, 0.3) is 21.9 Å². The number of phenols is 1. The predicted octanol–water partition coefficient (Wildman–Crippen LogP) is 3.55. The van der Waals surface area contributed by atoms with E-state index in [4.69, 9.17) is 11.6 Å². The fraction of sp³-hybridized carbons (Fsp3) is 0. The molecule has 0 bridgehead atoms. The number of rotatable bonds is 1. The lowest BCUT2D eigenvalue weighted by atomic mass is 10.0. The van der Waals surface area contributed by atoms with Crippen molar-refractivity contribution >= 4 is 22.4 Å². The average molecular weight is 272 g/mol. The van der Waals surface area contributed by atoms with Gasteiger partial charge in [-0.15, -0.1) is 0 Å². The molecule has 0 spiro atoms. The molecule has 0 aliphatic carbocycles. The van der Waals surface area contributed by atoms with Crippen LogP contribution in [0.5, 0.6) is 5.75 Å². The standard InChI is InChI=1S/C15H10ClNO2/c16-10-4-1-3-9(7-10)12-8-17-15(19)11-5-2-6-13(18)14(11)12/h1-8,18H,(H,17,19). The van der Waals surface area contributed by atoms with E-state index in [1.54, 1.807) is 36.5 Å². The van der Waals surface area contributed by atoms with Crippen molar-refractivity contribution in [1.82, 2.24) is 4.98 Å². The summed E-state index contributed by atoms with van der Waals surface area (Å²) in [5.74, 6) is 0.0820. The predicted molar refractivity (Wildman–Crippen MR) is 76.7 cm³/mol. The van der Waals surface area contributed by atoms with Crippen LogP contribution in [0.15, 0.2) is 53.5 Å². The van der Waals surface area contributed by atoms with Crippen molar-refractivity contribution in [3.8, 4) is 16.9 Å². The van der Waals surface area contributed by atoms with Crippen molar-refractivity contribution < 1.29 is 5.11 Å². The molecular formula is C15H10ClNO2. The number of pyridine rings is 1. The Morgan fingerprint density at radius 3 is 2.68 bits per heavy atom. The van der Waals surface area contributed by atoms with Crippen LogP contribution >= 0.6 is 11.6 Å². The molecule has 0 amide bonds. The third-order valence-corrected chi connectivity index (χ3v) is 3.27. The zero-order valence-electron chi connectivity index (χ0n) is 9.85. The van der Waals surface area contributed by atoms with Crippen LogP contribution in [0, 0.1) is 0 Å². The van der Waals surface area contributed by atoms with Gasteiger partial charge in [0.2, 0.25) is 0 Å². The van der Waals surface area contributed by atoms with Gasteiger partial charge in [0.1, 0.15) is 5.75 Å². The van der Waals surface area contributed by atoms with Crippen molar-refractivity contribution in [3.63, 3.8) is 0 Å². The first-order valence-electron chi connectivity index (χ1n) is 5.76. The minimum atomic E-state index is -0.225. The van der Waals surface area contributed by atoms with Crippen molar-refractivity contribution in [3.05, 3.63) is 64.0 Å². The second-order valence-electron chi connectivity index (χ2n) is 4.24. The van der Waals surface area contributed by atoms with E-state index in [-0.39, 0.29) is 11.3 Å². The summed E-state index contributed by atoms with van der Waals surface area (Å²) in [6.45, 7) is 0. The molecule has 2 aromatic carbocycles.